The summed E-state index contributed by atoms with van der Waals surface area (Å²) >= 11 is 0. The third-order valence-corrected chi connectivity index (χ3v) is 5.41. The smallest absolute Gasteiger partial charge is 0.257 e. The van der Waals surface area contributed by atoms with Crippen LogP contribution in [0.5, 0.6) is 0 Å². The highest BCUT2D eigenvalue weighted by atomic mass is 16.5. The molecule has 0 radical (unpaired) electrons. The van der Waals surface area contributed by atoms with E-state index in [1.54, 1.807) is 12.3 Å². The van der Waals surface area contributed by atoms with Crippen molar-refractivity contribution in [2.75, 3.05) is 41.8 Å². The van der Waals surface area contributed by atoms with Crippen LogP contribution in [0, 0.1) is 0 Å². The number of piperidine rings is 1. The van der Waals surface area contributed by atoms with Crippen molar-refractivity contribution >= 4 is 23.1 Å². The molecule has 1 aromatic carbocycles. The van der Waals surface area contributed by atoms with E-state index < -0.39 is 0 Å². The van der Waals surface area contributed by atoms with Crippen molar-refractivity contribution in [3.05, 3.63) is 48.2 Å². The maximum atomic E-state index is 12.5. The molecule has 1 unspecified atom stereocenters. The Balaban J connectivity index is 1.30. The summed E-state index contributed by atoms with van der Waals surface area (Å²) in [4.78, 5) is 19.2. The molecule has 0 aliphatic carbocycles. The van der Waals surface area contributed by atoms with E-state index in [9.17, 15) is 4.79 Å². The van der Waals surface area contributed by atoms with Crippen molar-refractivity contribution in [1.29, 1.82) is 0 Å². The second kappa shape index (κ2) is 9.06. The lowest BCUT2D eigenvalue weighted by atomic mass is 10.1. The Labute approximate surface area is 166 Å². The molecule has 2 N–H and O–H groups in total. The highest BCUT2D eigenvalue weighted by molar-refractivity contribution is 6.04. The van der Waals surface area contributed by atoms with Gasteiger partial charge in [-0.3, -0.25) is 4.79 Å². The van der Waals surface area contributed by atoms with E-state index in [2.05, 4.69) is 32.7 Å². The summed E-state index contributed by atoms with van der Waals surface area (Å²) in [5.41, 5.74) is 2.56. The molecule has 0 spiro atoms. The van der Waals surface area contributed by atoms with Crippen LogP contribution in [0.1, 0.15) is 42.5 Å². The number of anilines is 3. The number of carbonyl (C=O) groups excluding carboxylic acids is 1. The third-order valence-electron chi connectivity index (χ3n) is 5.41. The number of benzene rings is 1. The molecule has 2 aliphatic rings. The Hall–Kier alpha value is -2.60. The minimum atomic E-state index is -0.149. The Kier molecular flexibility index (Phi) is 6.07. The van der Waals surface area contributed by atoms with Crippen molar-refractivity contribution in [2.24, 2.45) is 0 Å². The normalized spacial score (nSPS) is 19.4. The predicted octanol–water partition coefficient (Wildman–Crippen LogP) is 3.92. The molecule has 0 saturated carbocycles. The molecule has 3 heterocycles. The fraction of sp³-hybridized carbons (Fsp3) is 0.455. The largest absolute Gasteiger partial charge is 0.376 e. The lowest BCUT2D eigenvalue weighted by molar-refractivity contribution is 0.102. The topological polar surface area (TPSA) is 66.5 Å². The fourth-order valence-corrected chi connectivity index (χ4v) is 3.77. The van der Waals surface area contributed by atoms with E-state index in [1.807, 2.05) is 18.2 Å². The van der Waals surface area contributed by atoms with Crippen LogP contribution in [0.4, 0.5) is 17.2 Å². The molecule has 6 heteroatoms. The monoisotopic (exact) mass is 380 g/mol. The van der Waals surface area contributed by atoms with Gasteiger partial charge in [-0.15, -0.1) is 0 Å². The van der Waals surface area contributed by atoms with Gasteiger partial charge < -0.3 is 20.3 Å². The summed E-state index contributed by atoms with van der Waals surface area (Å²) in [5, 5.41) is 6.21. The number of nitrogens with zero attached hydrogens (tertiary/aromatic N) is 2. The van der Waals surface area contributed by atoms with Crippen molar-refractivity contribution in [3.8, 4) is 0 Å². The Bertz CT molecular complexity index is 764. The number of pyridine rings is 1. The Morgan fingerprint density at radius 2 is 1.89 bits per heavy atom. The maximum Gasteiger partial charge on any atom is 0.257 e. The number of nitrogens with one attached hydrogen (secondary N) is 2. The summed E-state index contributed by atoms with van der Waals surface area (Å²) in [6.45, 7) is 3.83. The van der Waals surface area contributed by atoms with Gasteiger partial charge in [-0.25, -0.2) is 4.98 Å². The van der Waals surface area contributed by atoms with Gasteiger partial charge in [-0.1, -0.05) is 0 Å². The van der Waals surface area contributed by atoms with E-state index in [0.29, 0.717) is 5.56 Å². The van der Waals surface area contributed by atoms with Crippen LogP contribution in [-0.2, 0) is 4.74 Å². The summed E-state index contributed by atoms with van der Waals surface area (Å²) < 4.78 is 5.59. The van der Waals surface area contributed by atoms with E-state index in [4.69, 9.17) is 4.74 Å². The molecule has 2 aliphatic heterocycles. The average molecular weight is 380 g/mol. The number of carbonyl (C=O) groups is 1. The van der Waals surface area contributed by atoms with Gasteiger partial charge in [0.1, 0.15) is 5.82 Å². The first-order valence-electron chi connectivity index (χ1n) is 10.3. The van der Waals surface area contributed by atoms with Crippen LogP contribution in [-0.4, -0.2) is 43.2 Å². The van der Waals surface area contributed by atoms with Crippen LogP contribution in [0.2, 0.25) is 0 Å². The molecule has 1 aromatic heterocycles. The number of hydrogen-bond donors (Lipinski definition) is 2. The molecule has 2 aromatic rings. The maximum absolute atomic E-state index is 12.5. The minimum absolute atomic E-state index is 0.149. The molecule has 1 atom stereocenters. The van der Waals surface area contributed by atoms with Gasteiger partial charge in [0.15, 0.2) is 0 Å². The molecule has 2 saturated heterocycles. The Morgan fingerprint density at radius 1 is 1.07 bits per heavy atom. The number of hydrogen-bond acceptors (Lipinski definition) is 5. The van der Waals surface area contributed by atoms with Crippen molar-refractivity contribution < 1.29 is 9.53 Å². The lowest BCUT2D eigenvalue weighted by Crippen LogP contribution is -2.29. The molecule has 1 amide bonds. The number of amides is 1. The van der Waals surface area contributed by atoms with Gasteiger partial charge in [-0.2, -0.15) is 0 Å². The molecule has 148 valence electrons. The van der Waals surface area contributed by atoms with Crippen LogP contribution in [0.25, 0.3) is 0 Å². The molecular weight excluding hydrogens is 352 g/mol. The van der Waals surface area contributed by atoms with Gasteiger partial charge in [0, 0.05) is 43.8 Å². The SMILES string of the molecule is O=C(Nc1ccc(N2CCCCC2)cc1)c1ccc(NCC2CCCO2)nc1. The average Bonchev–Trinajstić information content (AvgIpc) is 3.27. The second-order valence-corrected chi connectivity index (χ2v) is 7.50. The highest BCUT2D eigenvalue weighted by Gasteiger charge is 2.15. The Morgan fingerprint density at radius 3 is 2.57 bits per heavy atom. The minimum Gasteiger partial charge on any atom is -0.376 e. The lowest BCUT2D eigenvalue weighted by Gasteiger charge is -2.28. The molecule has 28 heavy (non-hydrogen) atoms. The third kappa shape index (κ3) is 4.81. The van der Waals surface area contributed by atoms with Gasteiger partial charge in [0.25, 0.3) is 5.91 Å². The summed E-state index contributed by atoms with van der Waals surface area (Å²) in [7, 11) is 0. The predicted molar refractivity (Wildman–Crippen MR) is 112 cm³/mol. The molecular formula is C22H28N4O2. The fourth-order valence-electron chi connectivity index (χ4n) is 3.77. The second-order valence-electron chi connectivity index (χ2n) is 7.50. The van der Waals surface area contributed by atoms with Crippen molar-refractivity contribution in [3.63, 3.8) is 0 Å². The zero-order valence-electron chi connectivity index (χ0n) is 16.2. The standard InChI is InChI=1S/C22H28N4O2/c27-22(17-6-11-21(23-15-17)24-16-20-5-4-14-28-20)25-18-7-9-19(10-8-18)26-12-2-1-3-13-26/h6-11,15,20H,1-5,12-14,16H2,(H,23,24)(H,25,27). The molecule has 4 rings (SSSR count). The van der Waals surface area contributed by atoms with Crippen LogP contribution in [0.15, 0.2) is 42.6 Å². The summed E-state index contributed by atoms with van der Waals surface area (Å²) in [6.07, 6.45) is 7.91. The van der Waals surface area contributed by atoms with Gasteiger partial charge in [-0.05, 0) is 68.5 Å². The van der Waals surface area contributed by atoms with Gasteiger partial charge in [0.05, 0.1) is 11.7 Å². The van der Waals surface area contributed by atoms with Gasteiger partial charge >= 0.3 is 0 Å². The quantitative estimate of drug-likeness (QED) is 0.795. The summed E-state index contributed by atoms with van der Waals surface area (Å²) in [6, 6.07) is 11.7. The van der Waals surface area contributed by atoms with E-state index in [-0.39, 0.29) is 12.0 Å². The zero-order chi connectivity index (χ0) is 19.2. The highest BCUT2D eigenvalue weighted by Crippen LogP contribution is 2.22. The molecule has 6 nitrogen and oxygen atoms in total. The first kappa shape index (κ1) is 18.7. The van der Waals surface area contributed by atoms with Crippen LogP contribution < -0.4 is 15.5 Å². The zero-order valence-corrected chi connectivity index (χ0v) is 16.2. The van der Waals surface area contributed by atoms with Gasteiger partial charge in [0.2, 0.25) is 0 Å². The van der Waals surface area contributed by atoms with Crippen LogP contribution >= 0.6 is 0 Å². The van der Waals surface area contributed by atoms with Crippen LogP contribution in [0.3, 0.4) is 0 Å². The first-order chi connectivity index (χ1) is 13.8. The van der Waals surface area contributed by atoms with E-state index >= 15 is 0 Å². The first-order valence-corrected chi connectivity index (χ1v) is 10.3. The van der Waals surface area contributed by atoms with E-state index in [1.165, 1.54) is 24.9 Å². The summed E-state index contributed by atoms with van der Waals surface area (Å²) in [5.74, 6) is 0.613. The van der Waals surface area contributed by atoms with E-state index in [0.717, 1.165) is 50.6 Å². The molecule has 0 bridgehead atoms. The molecule has 2 fully saturated rings. The van der Waals surface area contributed by atoms with Crippen molar-refractivity contribution in [1.82, 2.24) is 4.98 Å². The number of aromatic nitrogens is 1. The number of rotatable bonds is 6. The van der Waals surface area contributed by atoms with Crippen molar-refractivity contribution in [2.45, 2.75) is 38.2 Å². The number of ether oxygens (including phenoxy) is 1.